The number of benzene rings is 1. The number of rotatable bonds is 2. The van der Waals surface area contributed by atoms with Gasteiger partial charge in [-0.1, -0.05) is 17.3 Å². The summed E-state index contributed by atoms with van der Waals surface area (Å²) >= 11 is 0. The number of nitrogens with zero attached hydrogens (tertiary/aromatic N) is 3. The smallest absolute Gasteiger partial charge is 0.115 e. The molecule has 21 heavy (non-hydrogen) atoms. The summed E-state index contributed by atoms with van der Waals surface area (Å²) in [5.41, 5.74) is 2.10. The van der Waals surface area contributed by atoms with Gasteiger partial charge in [0.25, 0.3) is 0 Å². The van der Waals surface area contributed by atoms with Crippen LogP contribution in [0.15, 0.2) is 29.4 Å². The Morgan fingerprint density at radius 1 is 1.10 bits per heavy atom. The summed E-state index contributed by atoms with van der Waals surface area (Å²) in [6, 6.07) is 7.42. The molecule has 4 aliphatic rings. The van der Waals surface area contributed by atoms with Gasteiger partial charge in [0, 0.05) is 50.6 Å². The number of piperidine rings is 2. The zero-order chi connectivity index (χ0) is 14.4. The van der Waals surface area contributed by atoms with Crippen molar-refractivity contribution in [2.45, 2.75) is 6.42 Å². The molecule has 2 atom stereocenters. The number of oxime groups is 1. The quantitative estimate of drug-likeness (QED) is 0.630. The van der Waals surface area contributed by atoms with Crippen molar-refractivity contribution in [2.24, 2.45) is 16.5 Å². The highest BCUT2D eigenvalue weighted by Crippen LogP contribution is 2.41. The van der Waals surface area contributed by atoms with Crippen molar-refractivity contribution in [1.29, 1.82) is 0 Å². The van der Waals surface area contributed by atoms with E-state index in [0.29, 0.717) is 11.7 Å². The first-order chi connectivity index (χ1) is 10.2. The van der Waals surface area contributed by atoms with E-state index in [9.17, 15) is 10.3 Å². The van der Waals surface area contributed by atoms with Crippen LogP contribution in [0.4, 0.5) is 0 Å². The lowest BCUT2D eigenvalue weighted by Gasteiger charge is -2.50. The van der Waals surface area contributed by atoms with Crippen LogP contribution in [0.25, 0.3) is 0 Å². The molecule has 5 nitrogen and oxygen atoms in total. The number of phenolic OH excluding ortho intramolecular Hbond substituents is 1. The Morgan fingerprint density at radius 2 is 1.71 bits per heavy atom. The molecule has 0 amide bonds. The zero-order valence-electron chi connectivity index (χ0n) is 12.1. The van der Waals surface area contributed by atoms with E-state index in [1.165, 1.54) is 5.56 Å². The van der Waals surface area contributed by atoms with Gasteiger partial charge in [-0.25, -0.2) is 0 Å². The highest BCUT2D eigenvalue weighted by atomic mass is 16.4. The van der Waals surface area contributed by atoms with Crippen LogP contribution >= 0.6 is 0 Å². The zero-order valence-corrected chi connectivity index (χ0v) is 12.1. The fraction of sp³-hybridized carbons (Fsp3) is 0.562. The molecular formula is C16H21N3O2. The average Bonchev–Trinajstić information content (AvgIpc) is 2.69. The summed E-state index contributed by atoms with van der Waals surface area (Å²) < 4.78 is 0. The molecule has 0 radical (unpaired) electrons. The van der Waals surface area contributed by atoms with Crippen molar-refractivity contribution in [3.05, 3.63) is 29.8 Å². The number of hydrogen-bond acceptors (Lipinski definition) is 5. The standard InChI is InChI=1S/C16H21N3O2/c20-14-3-1-12(2-4-14)7-16-10-18-5-6-19(11-16)9-13(8-18)15(16)17-21/h1-4,13,20-21H,5-11H2. The van der Waals surface area contributed by atoms with Gasteiger partial charge in [0.05, 0.1) is 5.71 Å². The first kappa shape index (κ1) is 13.1. The van der Waals surface area contributed by atoms with Gasteiger partial charge < -0.3 is 20.1 Å². The Hall–Kier alpha value is -1.59. The van der Waals surface area contributed by atoms with Crippen molar-refractivity contribution < 1.29 is 10.3 Å². The third kappa shape index (κ3) is 2.12. The van der Waals surface area contributed by atoms with Crippen LogP contribution in [0.3, 0.4) is 0 Å². The van der Waals surface area contributed by atoms with Crippen molar-refractivity contribution in [1.82, 2.24) is 9.80 Å². The molecule has 5 heteroatoms. The number of fused-ring (bicyclic) bond motifs is 1. The van der Waals surface area contributed by atoms with E-state index in [-0.39, 0.29) is 5.41 Å². The second kappa shape index (κ2) is 4.71. The van der Waals surface area contributed by atoms with Gasteiger partial charge in [0.15, 0.2) is 0 Å². The molecule has 5 rings (SSSR count). The molecular weight excluding hydrogens is 266 g/mol. The lowest BCUT2D eigenvalue weighted by atomic mass is 9.67. The molecule has 1 aromatic rings. The summed E-state index contributed by atoms with van der Waals surface area (Å²) in [7, 11) is 0. The largest absolute Gasteiger partial charge is 0.508 e. The van der Waals surface area contributed by atoms with Gasteiger partial charge in [-0.3, -0.25) is 0 Å². The highest BCUT2D eigenvalue weighted by Gasteiger charge is 2.52. The van der Waals surface area contributed by atoms with E-state index < -0.39 is 0 Å². The van der Waals surface area contributed by atoms with Crippen LogP contribution in [0.1, 0.15) is 5.56 Å². The van der Waals surface area contributed by atoms with Crippen molar-refractivity contribution in [2.75, 3.05) is 39.3 Å². The molecule has 0 saturated carbocycles. The first-order valence-electron chi connectivity index (χ1n) is 7.64. The summed E-state index contributed by atoms with van der Waals surface area (Å²) in [6.07, 6.45) is 0.871. The molecule has 1 aromatic carbocycles. The number of aromatic hydroxyl groups is 1. The fourth-order valence-electron chi connectivity index (χ4n) is 4.50. The van der Waals surface area contributed by atoms with Crippen molar-refractivity contribution in [3.8, 4) is 5.75 Å². The summed E-state index contributed by atoms with van der Waals surface area (Å²) in [5, 5.41) is 22.8. The predicted molar refractivity (Wildman–Crippen MR) is 79.8 cm³/mol. The van der Waals surface area contributed by atoms with Gasteiger partial charge in [0.1, 0.15) is 5.75 Å². The number of phenols is 1. The molecule has 4 saturated heterocycles. The Kier molecular flexibility index (Phi) is 2.94. The van der Waals surface area contributed by atoms with Crippen LogP contribution in [0.5, 0.6) is 5.75 Å². The molecule has 0 aromatic heterocycles. The van der Waals surface area contributed by atoms with Crippen LogP contribution in [0, 0.1) is 11.3 Å². The van der Waals surface area contributed by atoms with Gasteiger partial charge in [-0.2, -0.15) is 0 Å². The van der Waals surface area contributed by atoms with E-state index in [4.69, 9.17) is 0 Å². The summed E-state index contributed by atoms with van der Waals surface area (Å²) in [4.78, 5) is 5.04. The number of hydrogen-bond donors (Lipinski definition) is 2. The minimum absolute atomic E-state index is 0.0800. The van der Waals surface area contributed by atoms with Crippen LogP contribution in [-0.2, 0) is 6.42 Å². The minimum atomic E-state index is -0.0800. The molecule has 4 aliphatic heterocycles. The summed E-state index contributed by atoms with van der Waals surface area (Å²) in [5.74, 6) is 0.655. The lowest BCUT2D eigenvalue weighted by molar-refractivity contribution is 0.110. The molecule has 4 bridgehead atoms. The van der Waals surface area contributed by atoms with Gasteiger partial charge >= 0.3 is 0 Å². The maximum absolute atomic E-state index is 9.59. The topological polar surface area (TPSA) is 59.3 Å². The Bertz CT molecular complexity index is 553. The molecule has 0 aliphatic carbocycles. The lowest BCUT2D eigenvalue weighted by Crippen LogP contribution is -2.62. The Labute approximate surface area is 124 Å². The average molecular weight is 287 g/mol. The van der Waals surface area contributed by atoms with E-state index >= 15 is 0 Å². The fourth-order valence-corrected chi connectivity index (χ4v) is 4.50. The maximum atomic E-state index is 9.59. The maximum Gasteiger partial charge on any atom is 0.115 e. The monoisotopic (exact) mass is 287 g/mol. The SMILES string of the molecule is ON=C1C2CN3CCN(C2)CC1(Cc1ccc(O)cc1)C3. The second-order valence-corrected chi connectivity index (χ2v) is 6.78. The minimum Gasteiger partial charge on any atom is -0.508 e. The molecule has 2 unspecified atom stereocenters. The third-order valence-corrected chi connectivity index (χ3v) is 5.26. The third-order valence-electron chi connectivity index (χ3n) is 5.26. The highest BCUT2D eigenvalue weighted by molar-refractivity contribution is 5.94. The van der Waals surface area contributed by atoms with Crippen LogP contribution in [-0.4, -0.2) is 65.1 Å². The molecule has 2 N–H and O–H groups in total. The van der Waals surface area contributed by atoms with E-state index in [0.717, 1.165) is 51.4 Å². The van der Waals surface area contributed by atoms with Crippen molar-refractivity contribution >= 4 is 5.71 Å². The predicted octanol–water partition coefficient (Wildman–Crippen LogP) is 1.01. The first-order valence-corrected chi connectivity index (χ1v) is 7.64. The van der Waals surface area contributed by atoms with Crippen LogP contribution < -0.4 is 0 Å². The van der Waals surface area contributed by atoms with Gasteiger partial charge in [-0.15, -0.1) is 0 Å². The molecule has 112 valence electrons. The van der Waals surface area contributed by atoms with E-state index in [1.54, 1.807) is 12.1 Å². The normalized spacial score (nSPS) is 39.6. The van der Waals surface area contributed by atoms with Gasteiger partial charge in [0.2, 0.25) is 0 Å². The van der Waals surface area contributed by atoms with E-state index in [2.05, 4.69) is 15.0 Å². The van der Waals surface area contributed by atoms with Gasteiger partial charge in [-0.05, 0) is 24.1 Å². The molecule has 4 fully saturated rings. The van der Waals surface area contributed by atoms with Crippen molar-refractivity contribution in [3.63, 3.8) is 0 Å². The van der Waals surface area contributed by atoms with E-state index in [1.807, 2.05) is 12.1 Å². The Morgan fingerprint density at radius 3 is 2.29 bits per heavy atom. The molecule has 0 spiro atoms. The molecule has 4 heterocycles. The second-order valence-electron chi connectivity index (χ2n) is 6.78. The van der Waals surface area contributed by atoms with Crippen LogP contribution in [0.2, 0.25) is 0 Å². The summed E-state index contributed by atoms with van der Waals surface area (Å²) in [6.45, 7) is 6.22. The Balaban J connectivity index is 1.71.